The van der Waals surface area contributed by atoms with Crippen LogP contribution >= 0.6 is 0 Å². The van der Waals surface area contributed by atoms with Crippen LogP contribution in [0.15, 0.2) is 24.8 Å². The van der Waals surface area contributed by atoms with Crippen LogP contribution in [-0.4, -0.2) is 11.9 Å². The molecule has 0 amide bonds. The summed E-state index contributed by atoms with van der Waals surface area (Å²) < 4.78 is 0. The second-order valence-electron chi connectivity index (χ2n) is 2.62. The van der Waals surface area contributed by atoms with Gasteiger partial charge in [0.15, 0.2) is 0 Å². The van der Waals surface area contributed by atoms with E-state index in [1.807, 2.05) is 0 Å². The standard InChI is InChI=1S/C10H8O4.2Na/c1-2-6-3-7(9(11)12)5-8(4-6)10(13)14;;/h2-5H,1H2,(H,11,12)(H,13,14);;/q;2*+1/p-2. The number of hydrogen-bond donors (Lipinski definition) is 0. The molecule has 0 saturated carbocycles. The zero-order valence-electron chi connectivity index (χ0n) is 9.15. The van der Waals surface area contributed by atoms with Gasteiger partial charge in [0.25, 0.3) is 0 Å². The molecular formula is C10H6Na2O4. The molecule has 72 valence electrons. The number of carbonyl (C=O) groups excluding carboxylic acids is 2. The first kappa shape index (κ1) is 18.3. The van der Waals surface area contributed by atoms with Gasteiger partial charge in [-0.1, -0.05) is 12.7 Å². The molecule has 0 atom stereocenters. The normalized spacial score (nSPS) is 8.25. The third-order valence-electron chi connectivity index (χ3n) is 1.66. The van der Waals surface area contributed by atoms with Gasteiger partial charge >= 0.3 is 59.1 Å². The third kappa shape index (κ3) is 4.82. The van der Waals surface area contributed by atoms with E-state index < -0.39 is 11.9 Å². The van der Waals surface area contributed by atoms with Crippen LogP contribution in [0.25, 0.3) is 6.08 Å². The van der Waals surface area contributed by atoms with Crippen molar-refractivity contribution in [1.29, 1.82) is 0 Å². The Morgan fingerprint density at radius 1 is 1.00 bits per heavy atom. The van der Waals surface area contributed by atoms with Crippen LogP contribution < -0.4 is 69.3 Å². The number of carboxylic acids is 2. The maximum Gasteiger partial charge on any atom is 1.00 e. The zero-order chi connectivity index (χ0) is 10.7. The number of hydrogen-bond acceptors (Lipinski definition) is 4. The topological polar surface area (TPSA) is 80.3 Å². The van der Waals surface area contributed by atoms with E-state index in [1.165, 1.54) is 18.2 Å². The summed E-state index contributed by atoms with van der Waals surface area (Å²) in [6, 6.07) is 3.53. The van der Waals surface area contributed by atoms with Crippen molar-refractivity contribution in [1.82, 2.24) is 0 Å². The van der Waals surface area contributed by atoms with E-state index in [9.17, 15) is 19.8 Å². The molecule has 0 aliphatic carbocycles. The Balaban J connectivity index is 0. The van der Waals surface area contributed by atoms with Gasteiger partial charge in [0.2, 0.25) is 0 Å². The first-order valence-corrected chi connectivity index (χ1v) is 3.75. The SMILES string of the molecule is C=Cc1cc(C(=O)[O-])cc(C(=O)[O-])c1.[Na+].[Na+]. The van der Waals surface area contributed by atoms with Gasteiger partial charge in [-0.25, -0.2) is 0 Å². The van der Waals surface area contributed by atoms with Crippen molar-refractivity contribution < 1.29 is 78.9 Å². The van der Waals surface area contributed by atoms with Crippen LogP contribution in [0.4, 0.5) is 0 Å². The summed E-state index contributed by atoms with van der Waals surface area (Å²) in [5.41, 5.74) is -0.0194. The molecule has 0 saturated heterocycles. The average molecular weight is 236 g/mol. The fourth-order valence-electron chi connectivity index (χ4n) is 1.01. The van der Waals surface area contributed by atoms with Crippen LogP contribution in [0, 0.1) is 0 Å². The molecule has 0 aliphatic rings. The first-order chi connectivity index (χ1) is 6.54. The predicted octanol–water partition coefficient (Wildman–Crippen LogP) is -6.94. The maximum absolute atomic E-state index is 10.5. The van der Waals surface area contributed by atoms with E-state index in [0.717, 1.165) is 6.07 Å². The van der Waals surface area contributed by atoms with Crippen molar-refractivity contribution in [2.24, 2.45) is 0 Å². The van der Waals surface area contributed by atoms with Gasteiger partial charge < -0.3 is 19.8 Å². The van der Waals surface area contributed by atoms with Crippen molar-refractivity contribution in [3.63, 3.8) is 0 Å². The Morgan fingerprint density at radius 3 is 1.62 bits per heavy atom. The minimum absolute atomic E-state index is 0. The van der Waals surface area contributed by atoms with Gasteiger partial charge in [0.1, 0.15) is 0 Å². The molecule has 1 aromatic carbocycles. The minimum atomic E-state index is -1.43. The summed E-state index contributed by atoms with van der Waals surface area (Å²) in [6.45, 7) is 3.41. The van der Waals surface area contributed by atoms with Crippen LogP contribution in [0.3, 0.4) is 0 Å². The quantitative estimate of drug-likeness (QED) is 0.488. The monoisotopic (exact) mass is 236 g/mol. The summed E-state index contributed by atoms with van der Waals surface area (Å²) >= 11 is 0. The molecule has 6 heteroatoms. The molecule has 0 unspecified atom stereocenters. The fraction of sp³-hybridized carbons (Fsp3) is 0. The molecule has 1 rings (SSSR count). The molecule has 0 fully saturated rings. The smallest absolute Gasteiger partial charge is 0.545 e. The first-order valence-electron chi connectivity index (χ1n) is 3.75. The molecule has 0 aliphatic heterocycles. The summed E-state index contributed by atoms with van der Waals surface area (Å²) in [4.78, 5) is 21.0. The van der Waals surface area contributed by atoms with Gasteiger partial charge in [-0.3, -0.25) is 0 Å². The molecule has 0 heterocycles. The Bertz CT molecular complexity index is 383. The van der Waals surface area contributed by atoms with E-state index >= 15 is 0 Å². The van der Waals surface area contributed by atoms with Crippen molar-refractivity contribution >= 4 is 18.0 Å². The Kier molecular flexibility index (Phi) is 9.20. The van der Waals surface area contributed by atoms with Crippen LogP contribution in [0.1, 0.15) is 26.3 Å². The Hall–Kier alpha value is -0.1000. The number of carbonyl (C=O) groups is 2. The van der Waals surface area contributed by atoms with Crippen LogP contribution in [0.5, 0.6) is 0 Å². The summed E-state index contributed by atoms with van der Waals surface area (Å²) in [6.07, 6.45) is 1.35. The van der Waals surface area contributed by atoms with Gasteiger partial charge in [-0.2, -0.15) is 0 Å². The van der Waals surface area contributed by atoms with Gasteiger partial charge in [-0.05, 0) is 34.9 Å². The molecular weight excluding hydrogens is 230 g/mol. The molecule has 0 bridgehead atoms. The summed E-state index contributed by atoms with van der Waals surface area (Å²) in [5.74, 6) is -2.87. The van der Waals surface area contributed by atoms with Crippen molar-refractivity contribution in [2.75, 3.05) is 0 Å². The summed E-state index contributed by atoms with van der Waals surface area (Å²) in [7, 11) is 0. The van der Waals surface area contributed by atoms with E-state index in [2.05, 4.69) is 6.58 Å². The second-order valence-corrected chi connectivity index (χ2v) is 2.62. The second kappa shape index (κ2) is 8.06. The summed E-state index contributed by atoms with van der Waals surface area (Å²) in [5, 5.41) is 21.0. The van der Waals surface area contributed by atoms with Crippen molar-refractivity contribution in [3.8, 4) is 0 Å². The Labute approximate surface area is 137 Å². The van der Waals surface area contributed by atoms with Gasteiger partial charge in [-0.15, -0.1) is 0 Å². The Morgan fingerprint density at radius 2 is 1.38 bits per heavy atom. The molecule has 0 spiro atoms. The molecule has 0 radical (unpaired) electrons. The zero-order valence-corrected chi connectivity index (χ0v) is 13.1. The predicted molar refractivity (Wildman–Crippen MR) is 45.2 cm³/mol. The number of carboxylic acid groups (broad SMARTS) is 2. The van der Waals surface area contributed by atoms with E-state index in [0.29, 0.717) is 5.56 Å². The molecule has 4 nitrogen and oxygen atoms in total. The van der Waals surface area contributed by atoms with Crippen molar-refractivity contribution in [2.45, 2.75) is 0 Å². The van der Waals surface area contributed by atoms with E-state index in [1.54, 1.807) is 0 Å². The maximum atomic E-state index is 10.5. The van der Waals surface area contributed by atoms with E-state index in [-0.39, 0.29) is 70.2 Å². The van der Waals surface area contributed by atoms with Gasteiger partial charge in [0.05, 0.1) is 11.9 Å². The van der Waals surface area contributed by atoms with Crippen LogP contribution in [0.2, 0.25) is 0 Å². The number of aromatic carboxylic acids is 2. The number of rotatable bonds is 3. The largest absolute Gasteiger partial charge is 1.00 e. The molecule has 16 heavy (non-hydrogen) atoms. The van der Waals surface area contributed by atoms with Gasteiger partial charge in [0, 0.05) is 0 Å². The number of benzene rings is 1. The molecule has 0 N–H and O–H groups in total. The van der Waals surface area contributed by atoms with Crippen molar-refractivity contribution in [3.05, 3.63) is 41.5 Å². The minimum Gasteiger partial charge on any atom is -0.545 e. The average Bonchev–Trinajstić information content (AvgIpc) is 2.16. The third-order valence-corrected chi connectivity index (χ3v) is 1.66. The molecule has 1 aromatic rings. The van der Waals surface area contributed by atoms with E-state index in [4.69, 9.17) is 0 Å². The van der Waals surface area contributed by atoms with Crippen LogP contribution in [-0.2, 0) is 0 Å². The fourth-order valence-corrected chi connectivity index (χ4v) is 1.01. The molecule has 0 aromatic heterocycles.